The Balaban J connectivity index is 0.000000366. The molecule has 3 fully saturated rings. The minimum Gasteiger partial charge on any atom is -0.394 e. The van der Waals surface area contributed by atoms with Gasteiger partial charge in [0.05, 0.1) is 42.8 Å². The molecule has 0 spiro atoms. The Morgan fingerprint density at radius 1 is 0.938 bits per heavy atom. The van der Waals surface area contributed by atoms with Gasteiger partial charge in [-0.3, -0.25) is 28.6 Å². The molecule has 0 radical (unpaired) electrons. The number of pyridine rings is 1. The van der Waals surface area contributed by atoms with Gasteiger partial charge in [0.15, 0.2) is 6.23 Å². The van der Waals surface area contributed by atoms with Crippen molar-refractivity contribution in [3.63, 3.8) is 0 Å². The predicted octanol–water partition coefficient (Wildman–Crippen LogP) is 2.54. The molecule has 4 amide bonds. The Kier molecular flexibility index (Phi) is 16.4. The Morgan fingerprint density at radius 3 is 2.32 bits per heavy atom. The lowest BCUT2D eigenvalue weighted by atomic mass is 9.72. The number of aliphatic hydroxyl groups excluding tert-OH is 2. The number of nitrogens with two attached hydrogens (primary N) is 2. The summed E-state index contributed by atoms with van der Waals surface area (Å²) in [4.78, 5) is 74.2. The molecule has 9 N–H and O–H groups in total. The first kappa shape index (κ1) is 48.6. The number of likely N-dealkylation sites (tertiary alicyclic amines) is 1. The fraction of sp³-hybridized carbons (Fsp3) is 0.511. The second-order valence-electron chi connectivity index (χ2n) is 18.3. The molecular weight excluding hydrogens is 838 g/mol. The van der Waals surface area contributed by atoms with E-state index in [1.807, 2.05) is 69.3 Å². The molecule has 18 heteroatoms. The highest BCUT2D eigenvalue weighted by molar-refractivity contribution is 5.99. The third-order valence-electron chi connectivity index (χ3n) is 12.1. The summed E-state index contributed by atoms with van der Waals surface area (Å²) in [6.07, 6.45) is 2.49. The van der Waals surface area contributed by atoms with Gasteiger partial charge in [-0.15, -0.1) is 0 Å². The second kappa shape index (κ2) is 21.9. The number of rotatable bonds is 14. The van der Waals surface area contributed by atoms with E-state index in [2.05, 4.69) is 30.8 Å². The highest BCUT2D eigenvalue weighted by Crippen LogP contribution is 2.39. The molecule has 2 saturated heterocycles. The highest BCUT2D eigenvalue weighted by atomic mass is 19.1. The smallest absolute Gasteiger partial charge is 0.351 e. The van der Waals surface area contributed by atoms with E-state index in [4.69, 9.17) is 21.3 Å². The highest BCUT2D eigenvalue weighted by Gasteiger charge is 2.42. The summed E-state index contributed by atoms with van der Waals surface area (Å²) in [5.41, 5.74) is 11.4. The van der Waals surface area contributed by atoms with Crippen molar-refractivity contribution in [3.8, 4) is 0 Å². The third-order valence-corrected chi connectivity index (χ3v) is 12.1. The summed E-state index contributed by atoms with van der Waals surface area (Å²) < 4.78 is 19.8. The first-order valence-electron chi connectivity index (χ1n) is 22.3. The van der Waals surface area contributed by atoms with Crippen molar-refractivity contribution in [2.75, 3.05) is 25.4 Å². The molecule has 7 rings (SSSR count). The number of alkyl halides is 1. The molecule has 350 valence electrons. The number of piperidine rings is 1. The minimum atomic E-state index is -1.33. The lowest BCUT2D eigenvalue weighted by molar-refractivity contribution is -0.133. The van der Waals surface area contributed by atoms with Crippen molar-refractivity contribution >= 4 is 40.3 Å². The predicted molar refractivity (Wildman–Crippen MR) is 242 cm³/mol. The molecule has 4 aromatic rings. The monoisotopic (exact) mass is 899 g/mol. The van der Waals surface area contributed by atoms with E-state index in [9.17, 15) is 33.5 Å². The maximum Gasteiger partial charge on any atom is 0.351 e. The summed E-state index contributed by atoms with van der Waals surface area (Å²) in [5.74, 6) is -1.12. The Labute approximate surface area is 377 Å². The largest absolute Gasteiger partial charge is 0.394 e. The van der Waals surface area contributed by atoms with Crippen molar-refractivity contribution in [2.45, 2.75) is 120 Å². The molecule has 1 saturated carbocycles. The average Bonchev–Trinajstić information content (AvgIpc) is 3.65. The van der Waals surface area contributed by atoms with Gasteiger partial charge in [0, 0.05) is 36.6 Å². The van der Waals surface area contributed by atoms with E-state index < -0.39 is 78.1 Å². The van der Waals surface area contributed by atoms with E-state index in [1.165, 1.54) is 18.7 Å². The summed E-state index contributed by atoms with van der Waals surface area (Å²) in [6, 6.07) is 19.0. The lowest BCUT2D eigenvalue weighted by Crippen LogP contribution is -2.61. The maximum atomic E-state index is 13.8. The van der Waals surface area contributed by atoms with Crippen LogP contribution in [0.2, 0.25) is 0 Å². The van der Waals surface area contributed by atoms with Crippen LogP contribution in [0.25, 0.3) is 10.9 Å². The number of halogens is 1. The van der Waals surface area contributed by atoms with Gasteiger partial charge in [-0.2, -0.15) is 4.98 Å². The van der Waals surface area contributed by atoms with Crippen molar-refractivity contribution in [3.05, 3.63) is 101 Å². The number of nitrogens with one attached hydrogen (secondary N) is 3. The van der Waals surface area contributed by atoms with Crippen LogP contribution in [0.3, 0.4) is 0 Å². The summed E-state index contributed by atoms with van der Waals surface area (Å²) in [5, 5.41) is 30.3. The fourth-order valence-corrected chi connectivity index (χ4v) is 8.95. The van der Waals surface area contributed by atoms with E-state index in [1.54, 1.807) is 18.2 Å². The van der Waals surface area contributed by atoms with Gasteiger partial charge in [-0.1, -0.05) is 73.9 Å². The van der Waals surface area contributed by atoms with Crippen LogP contribution in [-0.2, 0) is 25.5 Å². The molecule has 3 aliphatic rings. The first-order valence-corrected chi connectivity index (χ1v) is 22.3. The van der Waals surface area contributed by atoms with Crippen molar-refractivity contribution < 1.29 is 38.5 Å². The van der Waals surface area contributed by atoms with Gasteiger partial charge >= 0.3 is 5.69 Å². The summed E-state index contributed by atoms with van der Waals surface area (Å²) >= 11 is 0. The van der Waals surface area contributed by atoms with Crippen LogP contribution in [0.4, 0.5) is 10.2 Å². The fourth-order valence-electron chi connectivity index (χ4n) is 8.95. The number of carbonyl (C=O) groups is 4. The number of para-hydroxylation sites is 1. The van der Waals surface area contributed by atoms with Crippen LogP contribution in [0, 0.1) is 11.8 Å². The number of fused-ring (bicyclic) bond motifs is 2. The number of β-amino-alcohol motifs (C(OH)–C–C–N with tert-alkyl or cyclic N) is 1. The number of aromatic nitrogens is 3. The number of amides is 4. The zero-order valence-corrected chi connectivity index (χ0v) is 37.1. The normalized spacial score (nSPS) is 23.5. The Hall–Kier alpha value is -5.82. The number of primary amides is 1. The number of carbonyl (C=O) groups excluding carboxylic acids is 4. The Morgan fingerprint density at radius 2 is 1.65 bits per heavy atom. The molecule has 2 aliphatic heterocycles. The molecule has 65 heavy (non-hydrogen) atoms. The van der Waals surface area contributed by atoms with Gasteiger partial charge in [0.2, 0.25) is 17.7 Å². The van der Waals surface area contributed by atoms with Crippen molar-refractivity contribution in [1.82, 2.24) is 35.4 Å². The number of aliphatic hydroxyl groups is 2. The van der Waals surface area contributed by atoms with Crippen LogP contribution in [0.5, 0.6) is 0 Å². The topological polar surface area (TPSA) is 257 Å². The van der Waals surface area contributed by atoms with E-state index in [0.29, 0.717) is 23.9 Å². The molecule has 0 bridgehead atoms. The van der Waals surface area contributed by atoms with Crippen molar-refractivity contribution in [2.24, 2.45) is 17.6 Å². The summed E-state index contributed by atoms with van der Waals surface area (Å²) in [6.45, 7) is 6.46. The van der Waals surface area contributed by atoms with E-state index in [-0.39, 0.29) is 43.4 Å². The molecule has 0 unspecified atom stereocenters. The number of anilines is 1. The van der Waals surface area contributed by atoms with E-state index in [0.717, 1.165) is 41.2 Å². The number of hydrogen-bond donors (Lipinski definition) is 7. The molecule has 4 heterocycles. The van der Waals surface area contributed by atoms with E-state index >= 15 is 0 Å². The molecule has 9 atom stereocenters. The maximum absolute atomic E-state index is 13.8. The van der Waals surface area contributed by atoms with Gasteiger partial charge in [0.1, 0.15) is 23.7 Å². The lowest BCUT2D eigenvalue weighted by Gasteiger charge is -2.47. The molecular formula is C47H62FN9O8. The summed E-state index contributed by atoms with van der Waals surface area (Å²) in [7, 11) is 0. The van der Waals surface area contributed by atoms with Gasteiger partial charge in [0.25, 0.3) is 5.91 Å². The average molecular weight is 900 g/mol. The second-order valence-corrected chi connectivity index (χ2v) is 18.3. The number of nitrogen functional groups attached to an aromatic ring is 1. The van der Waals surface area contributed by atoms with Crippen molar-refractivity contribution in [1.29, 1.82) is 0 Å². The Bertz CT molecular complexity index is 2330. The van der Waals surface area contributed by atoms with Crippen LogP contribution in [-0.4, -0.2) is 115 Å². The number of hydrogen-bond acceptors (Lipinski definition) is 12. The quantitative estimate of drug-likeness (QED) is 0.0964. The minimum absolute atomic E-state index is 0.0566. The van der Waals surface area contributed by atoms with Gasteiger partial charge in [-0.25, -0.2) is 14.2 Å². The zero-order chi connectivity index (χ0) is 46.8. The van der Waals surface area contributed by atoms with Crippen LogP contribution in [0.1, 0.15) is 88.0 Å². The van der Waals surface area contributed by atoms with Crippen LogP contribution >= 0.6 is 0 Å². The van der Waals surface area contributed by atoms with Gasteiger partial charge < -0.3 is 42.4 Å². The molecule has 17 nitrogen and oxygen atoms in total. The zero-order valence-electron chi connectivity index (χ0n) is 37.1. The number of nitrogens with zero attached hydrogens (tertiary/aromatic N) is 4. The third kappa shape index (κ3) is 13.4. The van der Waals surface area contributed by atoms with Crippen LogP contribution in [0.15, 0.2) is 83.8 Å². The number of benzene rings is 2. The molecule has 2 aromatic carbocycles. The SMILES string of the molecule is CC(C)(C)NC(=O)[C@@H]1C[C@@H]2CCCC[C@@H]2CN1C[C@@H](O)[C@H](Cc1ccccc1)NC(=O)[C@H](CC(N)=O)NC(=O)c1ccc2ccccc2n1.Nc1ccn([C@@H]2O[C@H](CO)C[C@H]2F)c(=O)n1. The first-order chi connectivity index (χ1) is 31.0. The van der Waals surface area contributed by atoms with Crippen LogP contribution < -0.4 is 33.1 Å². The standard InChI is InChI=1S/C38H50N6O5.C9H12FN3O3/c1-38(2,3)43-37(49)32-20-26-14-7-8-15-27(26)22-44(32)23-33(45)30(19-24-11-5-4-6-12-24)41-36(48)31(21-34(39)46)42-35(47)29-18-17-25-13-9-10-16-28(25)40-29;10-6-3-5(4-14)16-8(6)13-2-1-7(11)12-9(13)15/h4-6,9-13,16-18,26-27,30-33,45H,7-8,14-15,19-23H2,1-3H3,(H2,39,46)(H,41,48)(H,42,47)(H,43,49);1-2,5-6,8,14H,3-4H2,(H2,11,12,15)/t26-,27+,30-,31-,32-,33+;5-,6+,8+/m00/s1. The molecule has 1 aliphatic carbocycles. The number of ether oxygens (including phenoxy) is 1. The molecule has 2 aromatic heterocycles. The van der Waals surface area contributed by atoms with Gasteiger partial charge in [-0.05, 0) is 75.6 Å².